The molecule has 0 aliphatic heterocycles. The van der Waals surface area contributed by atoms with E-state index < -0.39 is 21.2 Å². The van der Waals surface area contributed by atoms with E-state index in [0.717, 1.165) is 6.92 Å². The average Bonchev–Trinajstić information content (AvgIpc) is 2.20. The van der Waals surface area contributed by atoms with E-state index in [4.69, 9.17) is 5.11 Å². The Morgan fingerprint density at radius 3 is 2.75 bits per heavy atom. The number of pyridine rings is 1. The van der Waals surface area contributed by atoms with Crippen molar-refractivity contribution in [2.75, 3.05) is 4.72 Å². The van der Waals surface area contributed by atoms with Gasteiger partial charge in [-0.2, -0.15) is 0 Å². The number of rotatable bonds is 4. The zero-order valence-electron chi connectivity index (χ0n) is 8.21. The number of anilines is 1. The maximum Gasteiger partial charge on any atom is 0.323 e. The van der Waals surface area contributed by atoms with Crippen molar-refractivity contribution in [2.45, 2.75) is 12.2 Å². The SMILES string of the molecule is CC(C(=O)O)S(=O)(=O)Nc1ccncc1Br. The Balaban J connectivity index is 2.98. The van der Waals surface area contributed by atoms with Crippen molar-refractivity contribution in [3.63, 3.8) is 0 Å². The maximum atomic E-state index is 11.6. The minimum Gasteiger partial charge on any atom is -0.480 e. The molecule has 0 fully saturated rings. The van der Waals surface area contributed by atoms with Gasteiger partial charge in [0.15, 0.2) is 5.25 Å². The first-order chi connectivity index (χ1) is 7.34. The smallest absolute Gasteiger partial charge is 0.323 e. The van der Waals surface area contributed by atoms with E-state index in [1.165, 1.54) is 18.5 Å². The van der Waals surface area contributed by atoms with Gasteiger partial charge in [0, 0.05) is 12.4 Å². The van der Waals surface area contributed by atoms with Gasteiger partial charge in [-0.25, -0.2) is 8.42 Å². The summed E-state index contributed by atoms with van der Waals surface area (Å²) in [7, 11) is -3.94. The van der Waals surface area contributed by atoms with Crippen LogP contribution in [-0.4, -0.2) is 29.7 Å². The van der Waals surface area contributed by atoms with Gasteiger partial charge >= 0.3 is 5.97 Å². The predicted octanol–water partition coefficient (Wildman–Crippen LogP) is 1.06. The van der Waals surface area contributed by atoms with Gasteiger partial charge in [-0.3, -0.25) is 14.5 Å². The van der Waals surface area contributed by atoms with Gasteiger partial charge in [0.05, 0.1) is 10.2 Å². The molecule has 1 unspecified atom stereocenters. The third-order valence-electron chi connectivity index (χ3n) is 1.84. The number of hydrogen-bond donors (Lipinski definition) is 2. The minimum atomic E-state index is -3.94. The van der Waals surface area contributed by atoms with Crippen LogP contribution in [0, 0.1) is 0 Å². The van der Waals surface area contributed by atoms with Crippen LogP contribution in [0.25, 0.3) is 0 Å². The van der Waals surface area contributed by atoms with Gasteiger partial charge in [0.1, 0.15) is 0 Å². The molecule has 16 heavy (non-hydrogen) atoms. The molecule has 88 valence electrons. The highest BCUT2D eigenvalue weighted by molar-refractivity contribution is 9.10. The molecule has 6 nitrogen and oxygen atoms in total. The second kappa shape index (κ2) is 4.79. The molecule has 1 atom stereocenters. The highest BCUT2D eigenvalue weighted by atomic mass is 79.9. The highest BCUT2D eigenvalue weighted by Crippen LogP contribution is 2.22. The molecule has 1 aromatic heterocycles. The topological polar surface area (TPSA) is 96.4 Å². The highest BCUT2D eigenvalue weighted by Gasteiger charge is 2.27. The fourth-order valence-electron chi connectivity index (χ4n) is 0.832. The number of nitrogens with one attached hydrogen (secondary N) is 1. The molecule has 1 aromatic rings. The van der Waals surface area contributed by atoms with Crippen molar-refractivity contribution >= 4 is 37.6 Å². The maximum absolute atomic E-state index is 11.6. The van der Waals surface area contributed by atoms with Crippen LogP contribution < -0.4 is 4.72 Å². The third kappa shape index (κ3) is 2.92. The monoisotopic (exact) mass is 308 g/mol. The minimum absolute atomic E-state index is 0.253. The van der Waals surface area contributed by atoms with Crippen LogP contribution >= 0.6 is 15.9 Å². The van der Waals surface area contributed by atoms with E-state index in [9.17, 15) is 13.2 Å². The van der Waals surface area contributed by atoms with Gasteiger partial charge in [0.25, 0.3) is 0 Å². The van der Waals surface area contributed by atoms with Crippen LogP contribution in [0.15, 0.2) is 22.9 Å². The van der Waals surface area contributed by atoms with Crippen LogP contribution in [-0.2, 0) is 14.8 Å². The zero-order chi connectivity index (χ0) is 12.3. The Bertz CT molecular complexity index is 503. The molecule has 0 bridgehead atoms. The molecular formula is C8H9BrN2O4S. The Hall–Kier alpha value is -1.15. The first-order valence-corrected chi connectivity index (χ1v) is 6.52. The van der Waals surface area contributed by atoms with Crippen LogP contribution in [0.5, 0.6) is 0 Å². The molecule has 0 aliphatic carbocycles. The number of carboxylic acids is 1. The average molecular weight is 309 g/mol. The van der Waals surface area contributed by atoms with Crippen LogP contribution in [0.4, 0.5) is 5.69 Å². The Labute approximate surface area is 101 Å². The molecule has 0 spiro atoms. The van der Waals surface area contributed by atoms with Crippen molar-refractivity contribution in [1.29, 1.82) is 0 Å². The number of aliphatic carboxylic acids is 1. The Kier molecular flexibility index (Phi) is 3.87. The number of carbonyl (C=O) groups is 1. The van der Waals surface area contributed by atoms with Gasteiger partial charge in [-0.15, -0.1) is 0 Å². The Morgan fingerprint density at radius 2 is 2.25 bits per heavy atom. The van der Waals surface area contributed by atoms with Crippen LogP contribution in [0.2, 0.25) is 0 Å². The summed E-state index contributed by atoms with van der Waals surface area (Å²) < 4.78 is 25.7. The van der Waals surface area contributed by atoms with Crippen molar-refractivity contribution < 1.29 is 18.3 Å². The molecule has 0 saturated heterocycles. The van der Waals surface area contributed by atoms with Crippen molar-refractivity contribution in [1.82, 2.24) is 4.98 Å². The van der Waals surface area contributed by atoms with Gasteiger partial charge in [0.2, 0.25) is 10.0 Å². The molecule has 0 aliphatic rings. The summed E-state index contributed by atoms with van der Waals surface area (Å²) in [6.07, 6.45) is 2.80. The molecule has 0 radical (unpaired) electrons. The fraction of sp³-hybridized carbons (Fsp3) is 0.250. The number of hydrogen-bond acceptors (Lipinski definition) is 4. The van der Waals surface area contributed by atoms with E-state index >= 15 is 0 Å². The number of nitrogens with zero attached hydrogens (tertiary/aromatic N) is 1. The molecular weight excluding hydrogens is 300 g/mol. The van der Waals surface area contributed by atoms with E-state index in [1.807, 2.05) is 0 Å². The molecule has 2 N–H and O–H groups in total. The second-order valence-corrected chi connectivity index (χ2v) is 5.84. The number of carboxylic acid groups (broad SMARTS) is 1. The van der Waals surface area contributed by atoms with Crippen LogP contribution in [0.1, 0.15) is 6.92 Å². The van der Waals surface area contributed by atoms with Crippen LogP contribution in [0.3, 0.4) is 0 Å². The second-order valence-electron chi connectivity index (χ2n) is 2.98. The lowest BCUT2D eigenvalue weighted by atomic mass is 10.4. The fourth-order valence-corrected chi connectivity index (χ4v) is 2.24. The summed E-state index contributed by atoms with van der Waals surface area (Å²) in [5.74, 6) is -1.40. The summed E-state index contributed by atoms with van der Waals surface area (Å²) in [5.41, 5.74) is 0.253. The Morgan fingerprint density at radius 1 is 1.62 bits per heavy atom. The lowest BCUT2D eigenvalue weighted by Crippen LogP contribution is -2.32. The largest absolute Gasteiger partial charge is 0.480 e. The molecule has 0 saturated carbocycles. The van der Waals surface area contributed by atoms with Gasteiger partial charge in [-0.05, 0) is 28.9 Å². The third-order valence-corrected chi connectivity index (χ3v) is 4.11. The van der Waals surface area contributed by atoms with Crippen molar-refractivity contribution in [3.8, 4) is 0 Å². The summed E-state index contributed by atoms with van der Waals surface area (Å²) in [4.78, 5) is 14.3. The van der Waals surface area contributed by atoms with Gasteiger partial charge < -0.3 is 5.11 Å². The van der Waals surface area contributed by atoms with E-state index in [2.05, 4.69) is 25.6 Å². The number of halogens is 1. The number of sulfonamides is 1. The summed E-state index contributed by atoms with van der Waals surface area (Å²) in [6.45, 7) is 1.10. The predicted molar refractivity (Wildman–Crippen MR) is 61.6 cm³/mol. The van der Waals surface area contributed by atoms with Crippen molar-refractivity contribution in [2.24, 2.45) is 0 Å². The standard InChI is InChI=1S/C8H9BrN2O4S/c1-5(8(12)13)16(14,15)11-7-2-3-10-4-6(7)9/h2-5H,1H3,(H,10,11)(H,12,13). The molecule has 0 amide bonds. The van der Waals surface area contributed by atoms with E-state index in [-0.39, 0.29) is 5.69 Å². The normalized spacial score (nSPS) is 13.1. The first-order valence-electron chi connectivity index (χ1n) is 4.18. The molecule has 8 heteroatoms. The molecule has 1 rings (SSSR count). The summed E-state index contributed by atoms with van der Waals surface area (Å²) in [5, 5.41) is 7.10. The lowest BCUT2D eigenvalue weighted by molar-refractivity contribution is -0.136. The zero-order valence-corrected chi connectivity index (χ0v) is 10.6. The first kappa shape index (κ1) is 12.9. The summed E-state index contributed by atoms with van der Waals surface area (Å²) >= 11 is 3.10. The van der Waals surface area contributed by atoms with E-state index in [0.29, 0.717) is 4.47 Å². The van der Waals surface area contributed by atoms with Gasteiger partial charge in [-0.1, -0.05) is 0 Å². The quantitative estimate of drug-likeness (QED) is 0.867. The van der Waals surface area contributed by atoms with Crippen molar-refractivity contribution in [3.05, 3.63) is 22.9 Å². The van der Waals surface area contributed by atoms with E-state index in [1.54, 1.807) is 0 Å². The lowest BCUT2D eigenvalue weighted by Gasteiger charge is -2.11. The summed E-state index contributed by atoms with van der Waals surface area (Å²) in [6, 6.07) is 1.43. The molecule has 1 heterocycles. The number of aromatic nitrogens is 1. The molecule has 0 aromatic carbocycles.